The minimum Gasteiger partial charge on any atom is -0.458 e. The second-order valence-corrected chi connectivity index (χ2v) is 15.4. The Morgan fingerprint density at radius 3 is 2.13 bits per heavy atom. The van der Waals surface area contributed by atoms with Crippen molar-refractivity contribution in [2.24, 2.45) is 11.3 Å². The summed E-state index contributed by atoms with van der Waals surface area (Å²) in [6.07, 6.45) is -9.83. The number of aliphatic hydroxyl groups is 5. The second-order valence-electron chi connectivity index (χ2n) is 15.4. The first-order valence-electron chi connectivity index (χ1n) is 18.4. The summed E-state index contributed by atoms with van der Waals surface area (Å²) in [5.41, 5.74) is -1.57. The topological polar surface area (TPSA) is 201 Å². The van der Waals surface area contributed by atoms with E-state index in [1.165, 1.54) is 39.8 Å². The third-order valence-electron chi connectivity index (χ3n) is 11.4. The molecule has 10 atom stereocenters. The zero-order valence-electron chi connectivity index (χ0n) is 31.2. The van der Waals surface area contributed by atoms with Crippen LogP contribution in [-0.4, -0.2) is 97.7 Å². The standard InChI is InChI=1S/C42H49NO12/c1-24-28(54-39(49)35(46)33(26-16-10-6-11-17-26)43-53-22-25-14-8-5-9-15-25)20-29(55-38(48)27-18-12-7-13-19-27)36-41(4,30(44)21-31-42(36,51)23-52-31)37(47)34(45)32(24)40(2,3)50/h5-19,28-31,33-36,43-46,50-51H,20-23H2,1-4H3/b32-24-/t28-,29+,30-,31+,33-,34+,35+,36-,41+,42-/m0/s1. The van der Waals surface area contributed by atoms with Crippen molar-refractivity contribution < 1.29 is 59.0 Å². The van der Waals surface area contributed by atoms with Crippen LogP contribution >= 0.6 is 0 Å². The molecular weight excluding hydrogens is 710 g/mol. The number of benzene rings is 3. The Labute approximate surface area is 319 Å². The molecule has 1 aliphatic heterocycles. The Morgan fingerprint density at radius 1 is 0.945 bits per heavy atom. The van der Waals surface area contributed by atoms with Crippen LogP contribution in [0.25, 0.3) is 0 Å². The van der Waals surface area contributed by atoms with Crippen LogP contribution in [0.3, 0.4) is 0 Å². The first-order valence-corrected chi connectivity index (χ1v) is 18.4. The number of hydrogen-bond donors (Lipinski definition) is 6. The molecule has 6 rings (SSSR count). The van der Waals surface area contributed by atoms with Crippen molar-refractivity contribution in [2.75, 3.05) is 6.61 Å². The molecular formula is C42H49NO12. The number of Topliss-reactive ketones (excluding diaryl/α,β-unsaturated/α-hetero) is 1. The van der Waals surface area contributed by atoms with Crippen LogP contribution < -0.4 is 5.48 Å². The molecule has 3 aromatic carbocycles. The molecule has 0 aromatic heterocycles. The maximum Gasteiger partial charge on any atom is 0.338 e. The Kier molecular flexibility index (Phi) is 11.8. The van der Waals surface area contributed by atoms with Gasteiger partial charge in [-0.3, -0.25) is 9.63 Å². The number of ketones is 1. The van der Waals surface area contributed by atoms with Gasteiger partial charge in [-0.05, 0) is 62.1 Å². The summed E-state index contributed by atoms with van der Waals surface area (Å²) in [7, 11) is 0. The molecule has 3 aliphatic rings. The summed E-state index contributed by atoms with van der Waals surface area (Å²) >= 11 is 0. The Balaban J connectivity index is 1.41. The van der Waals surface area contributed by atoms with Gasteiger partial charge in [-0.15, -0.1) is 0 Å². The molecule has 294 valence electrons. The highest BCUT2D eigenvalue weighted by Crippen LogP contribution is 2.56. The number of hydroxylamine groups is 1. The highest BCUT2D eigenvalue weighted by Gasteiger charge is 2.70. The van der Waals surface area contributed by atoms with Gasteiger partial charge < -0.3 is 39.7 Å². The highest BCUT2D eigenvalue weighted by atomic mass is 16.6. The molecule has 0 bridgehead atoms. The molecule has 1 heterocycles. The molecule has 13 nitrogen and oxygen atoms in total. The van der Waals surface area contributed by atoms with Crippen molar-refractivity contribution >= 4 is 17.7 Å². The van der Waals surface area contributed by atoms with Crippen LogP contribution in [0.5, 0.6) is 0 Å². The fourth-order valence-corrected chi connectivity index (χ4v) is 8.43. The zero-order valence-corrected chi connectivity index (χ0v) is 31.2. The highest BCUT2D eigenvalue weighted by molar-refractivity contribution is 5.93. The van der Waals surface area contributed by atoms with Crippen molar-refractivity contribution in [3.8, 4) is 0 Å². The monoisotopic (exact) mass is 759 g/mol. The maximum atomic E-state index is 14.6. The van der Waals surface area contributed by atoms with Gasteiger partial charge in [0.25, 0.3) is 0 Å². The first kappa shape index (κ1) is 40.4. The Morgan fingerprint density at radius 2 is 1.55 bits per heavy atom. The number of aliphatic hydroxyl groups excluding tert-OH is 3. The van der Waals surface area contributed by atoms with Gasteiger partial charge in [0.05, 0.1) is 48.0 Å². The SMILES string of the molecule is C/C1=C(/C(C)(C)O)[C@@H](O)C(=O)[C@@]2(C)[C@H]([C@H](OC(=O)c3ccccc3)C[C@@H]1OC(=O)[C@H](O)[C@@H](NOCc1ccccc1)c1ccccc1)[C@]1(O)CO[C@@H]1C[C@@H]2O. The number of esters is 2. The van der Waals surface area contributed by atoms with Crippen LogP contribution in [0, 0.1) is 11.3 Å². The van der Waals surface area contributed by atoms with Gasteiger partial charge in [0.2, 0.25) is 0 Å². The van der Waals surface area contributed by atoms with Crippen LogP contribution in [0.15, 0.2) is 102 Å². The van der Waals surface area contributed by atoms with E-state index in [0.29, 0.717) is 5.56 Å². The molecule has 6 N–H and O–H groups in total. The molecule has 2 fully saturated rings. The van der Waals surface area contributed by atoms with Crippen LogP contribution in [-0.2, 0) is 35.2 Å². The number of nitrogens with one attached hydrogen (secondary N) is 1. The number of carbonyl (C=O) groups excluding carboxylic acids is 3. The second kappa shape index (κ2) is 16.0. The third kappa shape index (κ3) is 7.89. The van der Waals surface area contributed by atoms with Crippen molar-refractivity contribution in [2.45, 2.75) is 101 Å². The van der Waals surface area contributed by atoms with Crippen LogP contribution in [0.4, 0.5) is 0 Å². The molecule has 13 heteroatoms. The van der Waals surface area contributed by atoms with Gasteiger partial charge in [0.15, 0.2) is 11.9 Å². The molecule has 1 saturated carbocycles. The fourth-order valence-electron chi connectivity index (χ4n) is 8.43. The van der Waals surface area contributed by atoms with Crippen molar-refractivity contribution in [1.82, 2.24) is 5.48 Å². The summed E-state index contributed by atoms with van der Waals surface area (Å²) in [5, 5.41) is 58.8. The number of carbonyl (C=O) groups is 3. The van der Waals surface area contributed by atoms with Crippen molar-refractivity contribution in [1.29, 1.82) is 0 Å². The van der Waals surface area contributed by atoms with E-state index >= 15 is 0 Å². The van der Waals surface area contributed by atoms with Gasteiger partial charge in [0, 0.05) is 18.8 Å². The van der Waals surface area contributed by atoms with E-state index in [-0.39, 0.29) is 36.3 Å². The Hall–Kier alpha value is -4.31. The lowest BCUT2D eigenvalue weighted by atomic mass is 9.52. The van der Waals surface area contributed by atoms with E-state index < -0.39 is 89.3 Å². The van der Waals surface area contributed by atoms with E-state index in [1.54, 1.807) is 48.5 Å². The number of hydrogen-bond acceptors (Lipinski definition) is 13. The molecule has 0 spiro atoms. The first-order chi connectivity index (χ1) is 26.1. The summed E-state index contributed by atoms with van der Waals surface area (Å²) in [6.45, 7) is 5.38. The van der Waals surface area contributed by atoms with E-state index in [9.17, 15) is 39.9 Å². The van der Waals surface area contributed by atoms with Crippen molar-refractivity contribution in [3.63, 3.8) is 0 Å². The molecule has 0 radical (unpaired) electrons. The van der Waals surface area contributed by atoms with E-state index in [0.717, 1.165) is 5.56 Å². The van der Waals surface area contributed by atoms with Crippen LogP contribution in [0.1, 0.15) is 68.1 Å². The minimum atomic E-state index is -2.05. The number of fused-ring (bicyclic) bond motifs is 3. The van der Waals surface area contributed by atoms with Crippen molar-refractivity contribution in [3.05, 3.63) is 119 Å². The summed E-state index contributed by atoms with van der Waals surface area (Å²) in [5.74, 6) is -4.29. The average Bonchev–Trinajstić information content (AvgIpc) is 3.18. The van der Waals surface area contributed by atoms with E-state index in [4.69, 9.17) is 19.0 Å². The molecule has 0 unspecified atom stereocenters. The maximum absolute atomic E-state index is 14.6. The van der Waals surface area contributed by atoms with Gasteiger partial charge in [0.1, 0.15) is 23.9 Å². The van der Waals surface area contributed by atoms with E-state index in [2.05, 4.69) is 5.48 Å². The zero-order chi connectivity index (χ0) is 39.7. The van der Waals surface area contributed by atoms with Gasteiger partial charge in [-0.25, -0.2) is 9.59 Å². The largest absolute Gasteiger partial charge is 0.458 e. The van der Waals surface area contributed by atoms with Gasteiger partial charge in [-0.1, -0.05) is 78.9 Å². The summed E-state index contributed by atoms with van der Waals surface area (Å²) in [6, 6.07) is 24.7. The predicted octanol–water partition coefficient (Wildman–Crippen LogP) is 2.89. The normalized spacial score (nSPS) is 32.0. The molecule has 2 aliphatic carbocycles. The Bertz CT molecular complexity index is 1870. The molecule has 0 amide bonds. The summed E-state index contributed by atoms with van der Waals surface area (Å²) in [4.78, 5) is 48.2. The average molecular weight is 760 g/mol. The lowest BCUT2D eigenvalue weighted by Crippen LogP contribution is -2.76. The van der Waals surface area contributed by atoms with Crippen LogP contribution in [0.2, 0.25) is 0 Å². The predicted molar refractivity (Wildman–Crippen MR) is 197 cm³/mol. The van der Waals surface area contributed by atoms with Gasteiger partial charge in [-0.2, -0.15) is 5.48 Å². The molecule has 1 saturated heterocycles. The lowest BCUT2D eigenvalue weighted by molar-refractivity contribution is -0.326. The molecule has 3 aromatic rings. The molecule has 55 heavy (non-hydrogen) atoms. The lowest BCUT2D eigenvalue weighted by Gasteiger charge is -2.62. The summed E-state index contributed by atoms with van der Waals surface area (Å²) < 4.78 is 17.8. The number of ether oxygens (including phenoxy) is 3. The third-order valence-corrected chi connectivity index (χ3v) is 11.4. The van der Waals surface area contributed by atoms with Gasteiger partial charge >= 0.3 is 11.9 Å². The number of rotatable bonds is 11. The smallest absolute Gasteiger partial charge is 0.338 e. The fraction of sp³-hybridized carbons (Fsp3) is 0.452. The minimum absolute atomic E-state index is 0.0457. The van der Waals surface area contributed by atoms with E-state index in [1.807, 2.05) is 30.3 Å². The quantitative estimate of drug-likeness (QED) is 0.0948.